The molecule has 2 aromatic carbocycles. The van der Waals surface area contributed by atoms with Crippen LogP contribution >= 0.6 is 0 Å². The maximum Gasteiger partial charge on any atom is 0.340 e. The molecule has 0 radical (unpaired) electrons. The van der Waals surface area contributed by atoms with Crippen LogP contribution in [0.4, 0.5) is 15.8 Å². The first-order chi connectivity index (χ1) is 10.0. The Labute approximate surface area is 122 Å². The third-order valence-electron chi connectivity index (χ3n) is 3.32. The summed E-state index contributed by atoms with van der Waals surface area (Å²) in [5.74, 6) is -1.94. The van der Waals surface area contributed by atoms with Crippen LogP contribution in [-0.2, 0) is 6.54 Å². The minimum Gasteiger partial charge on any atom is -0.478 e. The number of aromatic carboxylic acids is 1. The van der Waals surface area contributed by atoms with Crippen molar-refractivity contribution in [3.8, 4) is 0 Å². The molecule has 0 heterocycles. The van der Waals surface area contributed by atoms with Gasteiger partial charge in [0.25, 0.3) is 0 Å². The number of nitrogens with two attached hydrogens (primary N) is 1. The lowest BCUT2D eigenvalue weighted by atomic mass is 10.1. The van der Waals surface area contributed by atoms with Crippen molar-refractivity contribution < 1.29 is 14.3 Å². The van der Waals surface area contributed by atoms with Gasteiger partial charge >= 0.3 is 5.97 Å². The van der Waals surface area contributed by atoms with Gasteiger partial charge in [0, 0.05) is 13.1 Å². The summed E-state index contributed by atoms with van der Waals surface area (Å²) in [5, 5.41) is 9.31. The fourth-order valence-corrected chi connectivity index (χ4v) is 2.24. The molecule has 0 unspecified atom stereocenters. The number of carboxylic acid groups (broad SMARTS) is 1. The molecule has 110 valence electrons. The molecule has 0 saturated carbocycles. The number of rotatable bonds is 5. The summed E-state index contributed by atoms with van der Waals surface area (Å²) in [7, 11) is 0. The van der Waals surface area contributed by atoms with Gasteiger partial charge in [0.1, 0.15) is 11.4 Å². The first-order valence-corrected chi connectivity index (χ1v) is 6.64. The summed E-state index contributed by atoms with van der Waals surface area (Å²) in [6.07, 6.45) is 0. The standard InChI is InChI=1S/C16H17FN2O2/c1-2-19(10-11-6-4-3-5-7-11)13-9-8-12(17)15(18)14(13)16(20)21/h3-9H,2,10,18H2,1H3,(H,20,21). The third-order valence-corrected chi connectivity index (χ3v) is 3.32. The van der Waals surface area contributed by atoms with Crippen LogP contribution in [-0.4, -0.2) is 17.6 Å². The van der Waals surface area contributed by atoms with Crippen molar-refractivity contribution in [2.45, 2.75) is 13.5 Å². The van der Waals surface area contributed by atoms with Crippen LogP contribution in [0.15, 0.2) is 42.5 Å². The zero-order chi connectivity index (χ0) is 15.4. The Balaban J connectivity index is 2.43. The minimum atomic E-state index is -1.23. The van der Waals surface area contributed by atoms with Gasteiger partial charge in [-0.2, -0.15) is 0 Å². The second-order valence-electron chi connectivity index (χ2n) is 4.66. The number of nitrogen functional groups attached to an aromatic ring is 1. The van der Waals surface area contributed by atoms with Crippen LogP contribution in [0.25, 0.3) is 0 Å². The van der Waals surface area contributed by atoms with Crippen molar-refractivity contribution in [3.63, 3.8) is 0 Å². The average Bonchev–Trinajstić information content (AvgIpc) is 2.48. The molecule has 0 bridgehead atoms. The van der Waals surface area contributed by atoms with Crippen molar-refractivity contribution >= 4 is 17.3 Å². The van der Waals surface area contributed by atoms with Gasteiger partial charge in [-0.05, 0) is 24.6 Å². The number of nitrogens with zero attached hydrogens (tertiary/aromatic N) is 1. The number of hydrogen-bond donors (Lipinski definition) is 2. The maximum atomic E-state index is 13.5. The van der Waals surface area contributed by atoms with Gasteiger partial charge < -0.3 is 15.7 Å². The first kappa shape index (κ1) is 14.8. The van der Waals surface area contributed by atoms with Crippen LogP contribution < -0.4 is 10.6 Å². The van der Waals surface area contributed by atoms with Crippen molar-refractivity contribution in [2.24, 2.45) is 0 Å². The van der Waals surface area contributed by atoms with E-state index < -0.39 is 11.8 Å². The van der Waals surface area contributed by atoms with E-state index in [1.807, 2.05) is 42.2 Å². The smallest absolute Gasteiger partial charge is 0.340 e. The molecule has 0 aliphatic heterocycles. The van der Waals surface area contributed by atoms with Crippen molar-refractivity contribution in [1.82, 2.24) is 0 Å². The zero-order valence-corrected chi connectivity index (χ0v) is 11.7. The molecular formula is C16H17FN2O2. The normalized spacial score (nSPS) is 10.4. The summed E-state index contributed by atoms with van der Waals surface area (Å²) in [6, 6.07) is 12.3. The van der Waals surface area contributed by atoms with E-state index in [9.17, 15) is 14.3 Å². The van der Waals surface area contributed by atoms with E-state index in [-0.39, 0.29) is 11.3 Å². The maximum absolute atomic E-state index is 13.5. The second kappa shape index (κ2) is 6.26. The Bertz CT molecular complexity index is 644. The van der Waals surface area contributed by atoms with Crippen molar-refractivity contribution in [2.75, 3.05) is 17.2 Å². The van der Waals surface area contributed by atoms with Crippen LogP contribution in [0, 0.1) is 5.82 Å². The molecule has 0 amide bonds. The first-order valence-electron chi connectivity index (χ1n) is 6.64. The fourth-order valence-electron chi connectivity index (χ4n) is 2.24. The summed E-state index contributed by atoms with van der Waals surface area (Å²) in [4.78, 5) is 13.3. The molecule has 4 nitrogen and oxygen atoms in total. The van der Waals surface area contributed by atoms with Gasteiger partial charge in [0.05, 0.1) is 11.4 Å². The van der Waals surface area contributed by atoms with Gasteiger partial charge in [-0.15, -0.1) is 0 Å². The quantitative estimate of drug-likeness (QED) is 0.829. The van der Waals surface area contributed by atoms with E-state index in [4.69, 9.17) is 5.73 Å². The predicted octanol–water partition coefficient (Wildman–Crippen LogP) is 3.13. The highest BCUT2D eigenvalue weighted by molar-refractivity contribution is 6.00. The third kappa shape index (κ3) is 3.13. The van der Waals surface area contributed by atoms with Gasteiger partial charge in [0.2, 0.25) is 0 Å². The highest BCUT2D eigenvalue weighted by Gasteiger charge is 2.21. The molecule has 0 fully saturated rings. The monoisotopic (exact) mass is 288 g/mol. The van der Waals surface area contributed by atoms with Gasteiger partial charge in [-0.1, -0.05) is 30.3 Å². The zero-order valence-electron chi connectivity index (χ0n) is 11.7. The fraction of sp³-hybridized carbons (Fsp3) is 0.188. The van der Waals surface area contributed by atoms with Gasteiger partial charge in [0.15, 0.2) is 0 Å². The Morgan fingerprint density at radius 2 is 1.90 bits per heavy atom. The van der Waals surface area contributed by atoms with E-state index >= 15 is 0 Å². The number of carboxylic acids is 1. The molecule has 2 rings (SSSR count). The number of anilines is 2. The molecule has 0 aliphatic carbocycles. The average molecular weight is 288 g/mol. The minimum absolute atomic E-state index is 0.187. The van der Waals surface area contributed by atoms with Gasteiger partial charge in [-0.25, -0.2) is 9.18 Å². The topological polar surface area (TPSA) is 66.6 Å². The lowest BCUT2D eigenvalue weighted by molar-refractivity contribution is 0.0698. The van der Waals surface area contributed by atoms with E-state index in [1.165, 1.54) is 12.1 Å². The van der Waals surface area contributed by atoms with E-state index in [0.29, 0.717) is 18.8 Å². The summed E-state index contributed by atoms with van der Waals surface area (Å²) in [5.41, 5.74) is 6.54. The molecular weight excluding hydrogens is 271 g/mol. The Hall–Kier alpha value is -2.56. The molecule has 5 heteroatoms. The number of carbonyl (C=O) groups is 1. The highest BCUT2D eigenvalue weighted by atomic mass is 19.1. The van der Waals surface area contributed by atoms with Crippen molar-refractivity contribution in [1.29, 1.82) is 0 Å². The molecule has 0 aliphatic rings. The predicted molar refractivity (Wildman–Crippen MR) is 80.9 cm³/mol. The molecule has 0 atom stereocenters. The molecule has 0 aromatic heterocycles. The number of benzene rings is 2. The van der Waals surface area contributed by atoms with E-state index in [2.05, 4.69) is 0 Å². The number of hydrogen-bond acceptors (Lipinski definition) is 3. The van der Waals surface area contributed by atoms with E-state index in [1.54, 1.807) is 0 Å². The van der Waals surface area contributed by atoms with Crippen LogP contribution in [0.5, 0.6) is 0 Å². The summed E-state index contributed by atoms with van der Waals surface area (Å²) < 4.78 is 13.5. The molecule has 0 spiro atoms. The largest absolute Gasteiger partial charge is 0.478 e. The highest BCUT2D eigenvalue weighted by Crippen LogP contribution is 2.29. The van der Waals surface area contributed by atoms with Crippen LogP contribution in [0.3, 0.4) is 0 Å². The second-order valence-corrected chi connectivity index (χ2v) is 4.66. The molecule has 0 saturated heterocycles. The van der Waals surface area contributed by atoms with Crippen molar-refractivity contribution in [3.05, 3.63) is 59.4 Å². The number of halogens is 1. The SMILES string of the molecule is CCN(Cc1ccccc1)c1ccc(F)c(N)c1C(=O)O. The van der Waals surface area contributed by atoms with Gasteiger partial charge in [-0.3, -0.25) is 0 Å². The lowest BCUT2D eigenvalue weighted by Crippen LogP contribution is -2.25. The van der Waals surface area contributed by atoms with Crippen LogP contribution in [0.1, 0.15) is 22.8 Å². The Morgan fingerprint density at radius 1 is 1.24 bits per heavy atom. The van der Waals surface area contributed by atoms with Crippen LogP contribution in [0.2, 0.25) is 0 Å². The molecule has 2 aromatic rings. The Kier molecular flexibility index (Phi) is 4.42. The summed E-state index contributed by atoms with van der Waals surface area (Å²) >= 11 is 0. The summed E-state index contributed by atoms with van der Waals surface area (Å²) in [6.45, 7) is 3.02. The molecule has 3 N–H and O–H groups in total. The Morgan fingerprint density at radius 3 is 2.48 bits per heavy atom. The van der Waals surface area contributed by atoms with E-state index in [0.717, 1.165) is 5.56 Å². The lowest BCUT2D eigenvalue weighted by Gasteiger charge is -2.25. The molecule has 21 heavy (non-hydrogen) atoms.